The maximum atomic E-state index is 6.02. The number of rotatable bonds is 7. The first-order valence-corrected chi connectivity index (χ1v) is 5.79. The maximum Gasteiger partial charge on any atom is 0.188 e. The Labute approximate surface area is 107 Å². The number of nitrogens with one attached hydrogen (secondary N) is 1. The minimum absolute atomic E-state index is 0.178. The van der Waals surface area contributed by atoms with Crippen molar-refractivity contribution in [2.24, 2.45) is 0 Å². The van der Waals surface area contributed by atoms with E-state index in [1.165, 1.54) is 0 Å². The highest BCUT2D eigenvalue weighted by atomic mass is 35.5. The van der Waals surface area contributed by atoms with E-state index in [2.05, 4.69) is 5.32 Å². The fourth-order valence-corrected chi connectivity index (χ4v) is 1.68. The van der Waals surface area contributed by atoms with Crippen LogP contribution in [0.2, 0.25) is 5.02 Å². The second-order valence-electron chi connectivity index (χ2n) is 3.43. The van der Waals surface area contributed by atoms with Gasteiger partial charge in [-0.15, -0.1) is 0 Å². The molecule has 0 amide bonds. The summed E-state index contributed by atoms with van der Waals surface area (Å²) >= 11 is 6.02. The van der Waals surface area contributed by atoms with Crippen LogP contribution < -0.4 is 14.8 Å². The highest BCUT2D eigenvalue weighted by Gasteiger charge is 2.12. The van der Waals surface area contributed by atoms with E-state index < -0.39 is 0 Å². The van der Waals surface area contributed by atoms with Gasteiger partial charge in [0.1, 0.15) is 0 Å². The second kappa shape index (κ2) is 7.37. The van der Waals surface area contributed by atoms with Gasteiger partial charge < -0.3 is 19.5 Å². The zero-order chi connectivity index (χ0) is 12.7. The van der Waals surface area contributed by atoms with Gasteiger partial charge in [-0.3, -0.25) is 0 Å². The number of halogens is 1. The van der Waals surface area contributed by atoms with Crippen LogP contribution in [0, 0.1) is 0 Å². The summed E-state index contributed by atoms with van der Waals surface area (Å²) in [7, 11) is 3.16. The average molecular weight is 260 g/mol. The quantitative estimate of drug-likeness (QED) is 0.764. The van der Waals surface area contributed by atoms with Gasteiger partial charge in [0.2, 0.25) is 0 Å². The molecule has 0 aliphatic rings. The Morgan fingerprint density at radius 2 is 2.06 bits per heavy atom. The van der Waals surface area contributed by atoms with E-state index in [0.717, 1.165) is 12.1 Å². The first-order valence-electron chi connectivity index (χ1n) is 5.41. The molecule has 0 aliphatic carbocycles. The first-order chi connectivity index (χ1) is 8.22. The predicted molar refractivity (Wildman–Crippen MR) is 67.9 cm³/mol. The van der Waals surface area contributed by atoms with Crippen LogP contribution in [-0.2, 0) is 11.3 Å². The molecule has 0 bridgehead atoms. The molecule has 96 valence electrons. The molecule has 1 aromatic rings. The van der Waals surface area contributed by atoms with E-state index in [9.17, 15) is 0 Å². The number of hydrogen-bond donors (Lipinski definition) is 1. The molecule has 0 aromatic heterocycles. The average Bonchev–Trinajstić information content (AvgIpc) is 2.34. The van der Waals surface area contributed by atoms with Gasteiger partial charge in [-0.25, -0.2) is 0 Å². The molecule has 0 saturated carbocycles. The van der Waals surface area contributed by atoms with E-state index in [0.29, 0.717) is 23.1 Å². The number of ether oxygens (including phenoxy) is 3. The normalized spacial score (nSPS) is 10.4. The third-order valence-electron chi connectivity index (χ3n) is 2.20. The SMILES string of the molecule is CCNCc1cc(Cl)cc(OC)c1OCOC. The second-order valence-corrected chi connectivity index (χ2v) is 3.86. The molecule has 17 heavy (non-hydrogen) atoms. The van der Waals surface area contributed by atoms with E-state index in [4.69, 9.17) is 25.8 Å². The zero-order valence-electron chi connectivity index (χ0n) is 10.4. The van der Waals surface area contributed by atoms with Crippen LogP contribution in [0.5, 0.6) is 11.5 Å². The topological polar surface area (TPSA) is 39.7 Å². The molecule has 0 radical (unpaired) electrons. The molecular formula is C12H18ClNO3. The minimum atomic E-state index is 0.178. The van der Waals surface area contributed by atoms with Crippen LogP contribution >= 0.6 is 11.6 Å². The van der Waals surface area contributed by atoms with Crippen molar-refractivity contribution in [3.05, 3.63) is 22.7 Å². The van der Waals surface area contributed by atoms with E-state index >= 15 is 0 Å². The van der Waals surface area contributed by atoms with Gasteiger partial charge in [-0.1, -0.05) is 18.5 Å². The molecule has 0 heterocycles. The van der Waals surface area contributed by atoms with Gasteiger partial charge in [0.15, 0.2) is 18.3 Å². The summed E-state index contributed by atoms with van der Waals surface area (Å²) in [5.74, 6) is 1.28. The minimum Gasteiger partial charge on any atom is -0.493 e. The summed E-state index contributed by atoms with van der Waals surface area (Å²) in [6.07, 6.45) is 0. The highest BCUT2D eigenvalue weighted by Crippen LogP contribution is 2.34. The summed E-state index contributed by atoms with van der Waals surface area (Å²) in [4.78, 5) is 0. The van der Waals surface area contributed by atoms with Crippen molar-refractivity contribution in [2.75, 3.05) is 27.6 Å². The van der Waals surface area contributed by atoms with E-state index in [-0.39, 0.29) is 6.79 Å². The Morgan fingerprint density at radius 1 is 1.29 bits per heavy atom. The molecule has 1 N–H and O–H groups in total. The third kappa shape index (κ3) is 4.07. The number of hydrogen-bond acceptors (Lipinski definition) is 4. The van der Waals surface area contributed by atoms with Crippen LogP contribution in [0.15, 0.2) is 12.1 Å². The Bertz CT molecular complexity index is 358. The lowest BCUT2D eigenvalue weighted by atomic mass is 10.2. The number of benzene rings is 1. The van der Waals surface area contributed by atoms with Gasteiger partial charge >= 0.3 is 0 Å². The highest BCUT2D eigenvalue weighted by molar-refractivity contribution is 6.30. The van der Waals surface area contributed by atoms with Gasteiger partial charge in [-0.2, -0.15) is 0 Å². The van der Waals surface area contributed by atoms with Crippen LogP contribution in [0.1, 0.15) is 12.5 Å². The molecule has 0 aliphatic heterocycles. The van der Waals surface area contributed by atoms with Crippen molar-refractivity contribution in [3.8, 4) is 11.5 Å². The molecule has 0 unspecified atom stereocenters. The summed E-state index contributed by atoms with van der Waals surface area (Å²) in [5.41, 5.74) is 0.952. The fourth-order valence-electron chi connectivity index (χ4n) is 1.45. The van der Waals surface area contributed by atoms with E-state index in [1.807, 2.05) is 13.0 Å². The summed E-state index contributed by atoms with van der Waals surface area (Å²) in [6, 6.07) is 3.58. The van der Waals surface area contributed by atoms with Crippen LogP contribution in [0.3, 0.4) is 0 Å². The molecule has 0 saturated heterocycles. The maximum absolute atomic E-state index is 6.02. The molecular weight excluding hydrogens is 242 g/mol. The molecule has 5 heteroatoms. The lowest BCUT2D eigenvalue weighted by Gasteiger charge is -2.15. The summed E-state index contributed by atoms with van der Waals surface area (Å²) in [5, 5.41) is 3.85. The Kier molecular flexibility index (Phi) is 6.11. The lowest BCUT2D eigenvalue weighted by Crippen LogP contribution is -2.14. The van der Waals surface area contributed by atoms with Crippen LogP contribution in [-0.4, -0.2) is 27.6 Å². The van der Waals surface area contributed by atoms with Crippen molar-refractivity contribution >= 4 is 11.6 Å². The smallest absolute Gasteiger partial charge is 0.188 e. The first kappa shape index (κ1) is 14.1. The summed E-state index contributed by atoms with van der Waals surface area (Å²) in [6.45, 7) is 3.76. The summed E-state index contributed by atoms with van der Waals surface area (Å²) < 4.78 is 15.7. The zero-order valence-corrected chi connectivity index (χ0v) is 11.1. The lowest BCUT2D eigenvalue weighted by molar-refractivity contribution is 0.0483. The van der Waals surface area contributed by atoms with Gasteiger partial charge in [0, 0.05) is 30.3 Å². The Morgan fingerprint density at radius 3 is 2.65 bits per heavy atom. The third-order valence-corrected chi connectivity index (χ3v) is 2.42. The Hall–Kier alpha value is -0.970. The molecule has 0 atom stereocenters. The predicted octanol–water partition coefficient (Wildman–Crippen LogP) is 2.44. The van der Waals surface area contributed by atoms with Crippen molar-refractivity contribution in [1.29, 1.82) is 0 Å². The Balaban J connectivity index is 2.99. The largest absolute Gasteiger partial charge is 0.493 e. The molecule has 1 rings (SSSR count). The number of methoxy groups -OCH3 is 2. The van der Waals surface area contributed by atoms with Crippen molar-refractivity contribution in [3.63, 3.8) is 0 Å². The van der Waals surface area contributed by atoms with Gasteiger partial charge in [0.05, 0.1) is 7.11 Å². The standard InChI is InChI=1S/C12H18ClNO3/c1-4-14-7-9-5-10(13)6-11(16-3)12(9)17-8-15-2/h5-6,14H,4,7-8H2,1-3H3. The van der Waals surface area contributed by atoms with E-state index in [1.54, 1.807) is 20.3 Å². The fraction of sp³-hybridized carbons (Fsp3) is 0.500. The van der Waals surface area contributed by atoms with Crippen molar-refractivity contribution in [2.45, 2.75) is 13.5 Å². The van der Waals surface area contributed by atoms with Crippen molar-refractivity contribution in [1.82, 2.24) is 5.32 Å². The molecule has 0 fully saturated rings. The molecule has 1 aromatic carbocycles. The molecule has 0 spiro atoms. The van der Waals surface area contributed by atoms with Crippen molar-refractivity contribution < 1.29 is 14.2 Å². The van der Waals surface area contributed by atoms with Crippen LogP contribution in [0.4, 0.5) is 0 Å². The van der Waals surface area contributed by atoms with Gasteiger partial charge in [0.25, 0.3) is 0 Å². The monoisotopic (exact) mass is 259 g/mol. The van der Waals surface area contributed by atoms with Crippen LogP contribution in [0.25, 0.3) is 0 Å². The molecule has 4 nitrogen and oxygen atoms in total. The van der Waals surface area contributed by atoms with Gasteiger partial charge in [-0.05, 0) is 12.6 Å².